The average molecular weight is 457 g/mol. The van der Waals surface area contributed by atoms with Crippen LogP contribution in [0, 0.1) is 0 Å². The maximum Gasteiger partial charge on any atom is 0.251 e. The van der Waals surface area contributed by atoms with Gasteiger partial charge in [-0.25, -0.2) is 13.4 Å². The molecule has 0 bridgehead atoms. The first-order valence-electron chi connectivity index (χ1n) is 10.3. The van der Waals surface area contributed by atoms with Gasteiger partial charge in [-0.3, -0.25) is 9.89 Å². The van der Waals surface area contributed by atoms with Crippen LogP contribution < -0.4 is 5.32 Å². The van der Waals surface area contributed by atoms with Crippen molar-refractivity contribution in [2.24, 2.45) is 0 Å². The quantitative estimate of drug-likeness (QED) is 0.414. The van der Waals surface area contributed by atoms with E-state index in [1.54, 1.807) is 24.3 Å². The molecule has 5 rings (SSSR count). The first-order valence-corrected chi connectivity index (χ1v) is 12.2. The van der Waals surface area contributed by atoms with Gasteiger partial charge in [0.2, 0.25) is 0 Å². The predicted octanol–water partition coefficient (Wildman–Crippen LogP) is 4.11. The second kappa shape index (κ2) is 8.14. The molecule has 0 saturated heterocycles. The summed E-state index contributed by atoms with van der Waals surface area (Å²) in [4.78, 5) is 17.7. The highest BCUT2D eigenvalue weighted by Gasteiger charge is 2.14. The molecule has 0 aliphatic rings. The van der Waals surface area contributed by atoms with Gasteiger partial charge in [-0.1, -0.05) is 36.4 Å². The van der Waals surface area contributed by atoms with Crippen LogP contribution in [-0.2, 0) is 16.4 Å². The number of pyridine rings is 1. The Morgan fingerprint density at radius 1 is 0.970 bits per heavy atom. The molecule has 33 heavy (non-hydrogen) atoms. The summed E-state index contributed by atoms with van der Waals surface area (Å²) in [6.45, 7) is 0.283. The van der Waals surface area contributed by atoms with Crippen molar-refractivity contribution in [3.05, 3.63) is 90.0 Å². The summed E-state index contributed by atoms with van der Waals surface area (Å²) < 4.78 is 23.2. The van der Waals surface area contributed by atoms with Crippen molar-refractivity contribution in [1.82, 2.24) is 20.5 Å². The zero-order valence-corrected chi connectivity index (χ0v) is 18.6. The number of amides is 1. The zero-order chi connectivity index (χ0) is 23.0. The number of rotatable bonds is 5. The number of fused-ring (bicyclic) bond motifs is 2. The minimum absolute atomic E-state index is 0.234. The van der Waals surface area contributed by atoms with Crippen molar-refractivity contribution in [3.63, 3.8) is 0 Å². The molecule has 0 spiro atoms. The summed E-state index contributed by atoms with van der Waals surface area (Å²) >= 11 is 0. The lowest BCUT2D eigenvalue weighted by molar-refractivity contribution is 0.0951. The molecule has 8 heteroatoms. The fraction of sp³-hybridized carbons (Fsp3) is 0.0800. The largest absolute Gasteiger partial charge is 0.348 e. The lowest BCUT2D eigenvalue weighted by Crippen LogP contribution is -2.22. The van der Waals surface area contributed by atoms with Crippen LogP contribution in [-0.4, -0.2) is 35.8 Å². The summed E-state index contributed by atoms with van der Waals surface area (Å²) in [6, 6.07) is 23.6. The van der Waals surface area contributed by atoms with Gasteiger partial charge in [0.05, 0.1) is 21.6 Å². The van der Waals surface area contributed by atoms with E-state index in [2.05, 4.69) is 15.5 Å². The Hall–Kier alpha value is -4.04. The SMILES string of the molecule is CS(=O)(=O)c1ccc(CNC(=O)c2ccc3[nH]nc(-c4ccc5ccccc5n4)c3c2)cc1. The molecule has 0 radical (unpaired) electrons. The van der Waals surface area contributed by atoms with E-state index in [4.69, 9.17) is 4.98 Å². The maximum atomic E-state index is 12.8. The lowest BCUT2D eigenvalue weighted by atomic mass is 10.1. The van der Waals surface area contributed by atoms with Crippen molar-refractivity contribution in [1.29, 1.82) is 0 Å². The summed E-state index contributed by atoms with van der Waals surface area (Å²) in [5.41, 5.74) is 4.40. The third-order valence-corrected chi connectivity index (χ3v) is 6.60. The van der Waals surface area contributed by atoms with Crippen molar-refractivity contribution in [2.75, 3.05) is 6.26 Å². The normalized spacial score (nSPS) is 11.7. The summed E-state index contributed by atoms with van der Waals surface area (Å²) in [7, 11) is -3.25. The van der Waals surface area contributed by atoms with Gasteiger partial charge in [0.25, 0.3) is 5.91 Å². The van der Waals surface area contributed by atoms with Crippen LogP contribution in [0.5, 0.6) is 0 Å². The number of H-pyrrole nitrogens is 1. The highest BCUT2D eigenvalue weighted by Crippen LogP contribution is 2.27. The number of aromatic amines is 1. The van der Waals surface area contributed by atoms with Gasteiger partial charge in [-0.05, 0) is 48.0 Å². The van der Waals surface area contributed by atoms with Gasteiger partial charge in [0.1, 0.15) is 5.69 Å². The number of benzene rings is 3. The van der Waals surface area contributed by atoms with Crippen molar-refractivity contribution < 1.29 is 13.2 Å². The Bertz CT molecular complexity index is 1610. The van der Waals surface area contributed by atoms with Crippen LogP contribution >= 0.6 is 0 Å². The molecule has 0 atom stereocenters. The summed E-state index contributed by atoms with van der Waals surface area (Å²) in [5, 5.41) is 12.2. The minimum atomic E-state index is -3.25. The molecule has 0 unspecified atom stereocenters. The van der Waals surface area contributed by atoms with Crippen LogP contribution in [0.1, 0.15) is 15.9 Å². The number of nitrogens with zero attached hydrogens (tertiary/aromatic N) is 2. The third kappa shape index (κ3) is 4.20. The number of para-hydroxylation sites is 1. The first kappa shape index (κ1) is 20.8. The Balaban J connectivity index is 1.39. The molecule has 3 aromatic carbocycles. The molecule has 1 amide bonds. The van der Waals surface area contributed by atoms with Gasteiger partial charge >= 0.3 is 0 Å². The Labute approximate surface area is 190 Å². The zero-order valence-electron chi connectivity index (χ0n) is 17.7. The maximum absolute atomic E-state index is 12.8. The molecule has 2 N–H and O–H groups in total. The Kier molecular flexibility index (Phi) is 5.14. The van der Waals surface area contributed by atoms with Gasteiger partial charge in [0, 0.05) is 29.1 Å². The lowest BCUT2D eigenvalue weighted by Gasteiger charge is -2.07. The van der Waals surface area contributed by atoms with E-state index in [0.29, 0.717) is 11.3 Å². The molecule has 0 fully saturated rings. The number of hydrogen-bond donors (Lipinski definition) is 2. The van der Waals surface area contributed by atoms with E-state index in [1.165, 1.54) is 12.1 Å². The van der Waals surface area contributed by atoms with Crippen LogP contribution in [0.2, 0.25) is 0 Å². The van der Waals surface area contributed by atoms with Crippen LogP contribution in [0.15, 0.2) is 83.8 Å². The molecule has 0 aliphatic heterocycles. The van der Waals surface area contributed by atoms with E-state index in [9.17, 15) is 13.2 Å². The van der Waals surface area contributed by atoms with Crippen LogP contribution in [0.25, 0.3) is 33.2 Å². The fourth-order valence-electron chi connectivity index (χ4n) is 3.69. The summed E-state index contributed by atoms with van der Waals surface area (Å²) in [6.07, 6.45) is 1.16. The molecule has 0 saturated carbocycles. The molecule has 0 aliphatic carbocycles. The fourth-order valence-corrected chi connectivity index (χ4v) is 4.32. The number of carbonyl (C=O) groups excluding carboxylic acids is 1. The van der Waals surface area contributed by atoms with Gasteiger partial charge < -0.3 is 5.32 Å². The third-order valence-electron chi connectivity index (χ3n) is 5.47. The second-order valence-electron chi connectivity index (χ2n) is 7.82. The average Bonchev–Trinajstić information content (AvgIpc) is 3.25. The van der Waals surface area contributed by atoms with Crippen LogP contribution in [0.3, 0.4) is 0 Å². The predicted molar refractivity (Wildman–Crippen MR) is 128 cm³/mol. The van der Waals surface area contributed by atoms with Gasteiger partial charge in [-0.15, -0.1) is 0 Å². The second-order valence-corrected chi connectivity index (χ2v) is 9.84. The number of hydrogen-bond acceptors (Lipinski definition) is 5. The standard InChI is InChI=1S/C25H20N4O3S/c1-33(31,32)19-10-6-16(7-11-19)15-26-25(30)18-9-12-22-20(14-18)24(29-28-22)23-13-8-17-4-2-3-5-21(17)27-23/h2-14H,15H2,1H3,(H,26,30)(H,28,29). The van der Waals surface area contributed by atoms with Gasteiger partial charge in [0.15, 0.2) is 9.84 Å². The highest BCUT2D eigenvalue weighted by atomic mass is 32.2. The Morgan fingerprint density at radius 3 is 2.55 bits per heavy atom. The van der Waals surface area contributed by atoms with Crippen molar-refractivity contribution >= 4 is 37.6 Å². The molecular formula is C25H20N4O3S. The molecule has 7 nitrogen and oxygen atoms in total. The molecule has 2 aromatic heterocycles. The number of nitrogens with one attached hydrogen (secondary N) is 2. The highest BCUT2D eigenvalue weighted by molar-refractivity contribution is 7.90. The summed E-state index contributed by atoms with van der Waals surface area (Å²) in [5.74, 6) is -0.234. The van der Waals surface area contributed by atoms with Crippen molar-refractivity contribution in [2.45, 2.75) is 11.4 Å². The molecule has 5 aromatic rings. The van der Waals surface area contributed by atoms with Crippen molar-refractivity contribution in [3.8, 4) is 11.4 Å². The molecule has 164 valence electrons. The monoisotopic (exact) mass is 456 g/mol. The number of carbonyl (C=O) groups is 1. The molecule has 2 heterocycles. The minimum Gasteiger partial charge on any atom is -0.348 e. The Morgan fingerprint density at radius 2 is 1.76 bits per heavy atom. The first-order chi connectivity index (χ1) is 15.9. The van der Waals surface area contributed by atoms with E-state index >= 15 is 0 Å². The number of aromatic nitrogens is 3. The van der Waals surface area contributed by atoms with Crippen LogP contribution in [0.4, 0.5) is 0 Å². The smallest absolute Gasteiger partial charge is 0.251 e. The number of sulfone groups is 1. The topological polar surface area (TPSA) is 105 Å². The van der Waals surface area contributed by atoms with Gasteiger partial charge in [-0.2, -0.15) is 5.10 Å². The van der Waals surface area contributed by atoms with E-state index in [-0.39, 0.29) is 17.3 Å². The van der Waals surface area contributed by atoms with E-state index in [1.807, 2.05) is 42.5 Å². The van der Waals surface area contributed by atoms with E-state index < -0.39 is 9.84 Å². The molecular weight excluding hydrogens is 436 g/mol. The van der Waals surface area contributed by atoms with E-state index in [0.717, 1.165) is 39.3 Å².